The van der Waals surface area contributed by atoms with Gasteiger partial charge < -0.3 is 14.1 Å². The summed E-state index contributed by atoms with van der Waals surface area (Å²) >= 11 is 3.48. The Balaban J connectivity index is 1.60. The molecule has 0 aliphatic rings. The van der Waals surface area contributed by atoms with Gasteiger partial charge >= 0.3 is 0 Å². The van der Waals surface area contributed by atoms with Crippen molar-refractivity contribution in [1.82, 2.24) is 14.7 Å². The van der Waals surface area contributed by atoms with Crippen molar-refractivity contribution in [3.8, 4) is 0 Å². The minimum atomic E-state index is 0.801. The van der Waals surface area contributed by atoms with Gasteiger partial charge in [-0.1, -0.05) is 0 Å². The van der Waals surface area contributed by atoms with E-state index in [9.17, 15) is 0 Å². The van der Waals surface area contributed by atoms with Gasteiger partial charge in [-0.15, -0.1) is 0 Å². The van der Waals surface area contributed by atoms with Crippen LogP contribution in [-0.4, -0.2) is 15.9 Å². The fourth-order valence-corrected chi connectivity index (χ4v) is 2.36. The third kappa shape index (κ3) is 2.88. The van der Waals surface area contributed by atoms with Gasteiger partial charge in [0.1, 0.15) is 5.65 Å². The molecule has 0 aromatic carbocycles. The van der Waals surface area contributed by atoms with Gasteiger partial charge in [-0.25, -0.2) is 4.98 Å². The van der Waals surface area contributed by atoms with Crippen LogP contribution in [-0.2, 0) is 13.0 Å². The molecule has 3 rings (SSSR count). The van der Waals surface area contributed by atoms with E-state index in [1.54, 1.807) is 12.5 Å². The zero-order valence-corrected chi connectivity index (χ0v) is 11.9. The molecule has 3 aromatic rings. The Labute approximate surface area is 119 Å². The lowest BCUT2D eigenvalue weighted by atomic mass is 10.2. The van der Waals surface area contributed by atoms with Gasteiger partial charge in [-0.3, -0.25) is 0 Å². The van der Waals surface area contributed by atoms with Gasteiger partial charge in [0.25, 0.3) is 0 Å². The quantitative estimate of drug-likeness (QED) is 0.735. The highest BCUT2D eigenvalue weighted by Crippen LogP contribution is 2.13. The van der Waals surface area contributed by atoms with Crippen molar-refractivity contribution in [1.29, 1.82) is 0 Å². The fraction of sp³-hybridized carbons (Fsp3) is 0.214. The lowest BCUT2D eigenvalue weighted by Crippen LogP contribution is -2.17. The Kier molecular flexibility index (Phi) is 3.66. The molecule has 4 nitrogen and oxygen atoms in total. The Morgan fingerprint density at radius 1 is 1.32 bits per heavy atom. The van der Waals surface area contributed by atoms with Crippen molar-refractivity contribution in [3.63, 3.8) is 0 Å². The highest BCUT2D eigenvalue weighted by atomic mass is 79.9. The molecule has 3 heterocycles. The first-order valence-corrected chi connectivity index (χ1v) is 6.95. The third-order valence-corrected chi connectivity index (χ3v) is 3.49. The summed E-state index contributed by atoms with van der Waals surface area (Å²) in [5, 5.41) is 3.42. The smallest absolute Gasteiger partial charge is 0.136 e. The molecule has 0 saturated carbocycles. The number of nitrogens with one attached hydrogen (secondary N) is 1. The number of hydrogen-bond donors (Lipinski definition) is 1. The molecular weight excluding hydrogens is 306 g/mol. The number of aromatic nitrogens is 2. The molecule has 0 aliphatic heterocycles. The zero-order chi connectivity index (χ0) is 13.1. The topological polar surface area (TPSA) is 42.5 Å². The second-order valence-electron chi connectivity index (χ2n) is 4.38. The van der Waals surface area contributed by atoms with Crippen LogP contribution >= 0.6 is 15.9 Å². The van der Waals surface area contributed by atoms with Crippen LogP contribution < -0.4 is 5.32 Å². The SMILES string of the molecule is Brc1ccc2ncc(CNCCc3ccoc3)n2c1. The third-order valence-electron chi connectivity index (χ3n) is 3.02. The van der Waals surface area contributed by atoms with E-state index < -0.39 is 0 Å². The molecule has 98 valence electrons. The Morgan fingerprint density at radius 2 is 2.26 bits per heavy atom. The van der Waals surface area contributed by atoms with Gasteiger partial charge in [-0.2, -0.15) is 0 Å². The van der Waals surface area contributed by atoms with Crippen LogP contribution in [0.15, 0.2) is 52.0 Å². The zero-order valence-electron chi connectivity index (χ0n) is 10.3. The summed E-state index contributed by atoms with van der Waals surface area (Å²) in [6, 6.07) is 5.99. The molecule has 5 heteroatoms. The molecular formula is C14H14BrN3O. The molecule has 0 fully saturated rings. The van der Waals surface area contributed by atoms with Crippen molar-refractivity contribution >= 4 is 21.6 Å². The average molecular weight is 320 g/mol. The molecule has 0 spiro atoms. The van der Waals surface area contributed by atoms with E-state index >= 15 is 0 Å². The predicted molar refractivity (Wildman–Crippen MR) is 77.0 cm³/mol. The van der Waals surface area contributed by atoms with Crippen molar-refractivity contribution in [2.45, 2.75) is 13.0 Å². The maximum absolute atomic E-state index is 5.04. The Hall–Kier alpha value is -1.59. The number of halogens is 1. The lowest BCUT2D eigenvalue weighted by Gasteiger charge is -2.04. The van der Waals surface area contributed by atoms with E-state index in [1.807, 2.05) is 30.6 Å². The molecule has 0 saturated heterocycles. The van der Waals surface area contributed by atoms with Crippen molar-refractivity contribution < 1.29 is 4.42 Å². The minimum Gasteiger partial charge on any atom is -0.472 e. The number of furan rings is 1. The molecule has 1 N–H and O–H groups in total. The Bertz CT molecular complexity index is 660. The van der Waals surface area contributed by atoms with Gasteiger partial charge in [0.15, 0.2) is 0 Å². The molecule has 3 aromatic heterocycles. The van der Waals surface area contributed by atoms with Crippen molar-refractivity contribution in [2.75, 3.05) is 6.54 Å². The largest absolute Gasteiger partial charge is 0.472 e. The van der Waals surface area contributed by atoms with Crippen LogP contribution in [0.25, 0.3) is 5.65 Å². The molecule has 19 heavy (non-hydrogen) atoms. The second-order valence-corrected chi connectivity index (χ2v) is 5.30. The van der Waals surface area contributed by atoms with Crippen LogP contribution in [0.2, 0.25) is 0 Å². The van der Waals surface area contributed by atoms with E-state index in [0.29, 0.717) is 0 Å². The first kappa shape index (κ1) is 12.4. The fourth-order valence-electron chi connectivity index (χ4n) is 2.02. The highest BCUT2D eigenvalue weighted by molar-refractivity contribution is 9.10. The summed E-state index contributed by atoms with van der Waals surface area (Å²) in [4.78, 5) is 4.38. The summed E-state index contributed by atoms with van der Waals surface area (Å²) in [6.07, 6.45) is 8.41. The second kappa shape index (κ2) is 5.59. The molecule has 0 aliphatic carbocycles. The van der Waals surface area contributed by atoms with E-state index in [1.165, 1.54) is 5.56 Å². The first-order valence-electron chi connectivity index (χ1n) is 6.16. The summed E-state index contributed by atoms with van der Waals surface area (Å²) in [5.41, 5.74) is 3.34. The molecule has 0 bridgehead atoms. The van der Waals surface area contributed by atoms with Crippen LogP contribution in [0.5, 0.6) is 0 Å². The van der Waals surface area contributed by atoms with Crippen molar-refractivity contribution in [2.24, 2.45) is 0 Å². The number of imidazole rings is 1. The molecule has 0 unspecified atom stereocenters. The van der Waals surface area contributed by atoms with Gasteiger partial charge in [0.2, 0.25) is 0 Å². The van der Waals surface area contributed by atoms with Gasteiger partial charge in [0, 0.05) is 17.2 Å². The van der Waals surface area contributed by atoms with E-state index in [-0.39, 0.29) is 0 Å². The molecule has 0 atom stereocenters. The van der Waals surface area contributed by atoms with Crippen LogP contribution in [0.1, 0.15) is 11.3 Å². The molecule has 0 amide bonds. The number of nitrogens with zero attached hydrogens (tertiary/aromatic N) is 2. The lowest BCUT2D eigenvalue weighted by molar-refractivity contribution is 0.562. The maximum Gasteiger partial charge on any atom is 0.136 e. The summed E-state index contributed by atoms with van der Waals surface area (Å²) in [6.45, 7) is 1.72. The summed E-state index contributed by atoms with van der Waals surface area (Å²) in [7, 11) is 0. The summed E-state index contributed by atoms with van der Waals surface area (Å²) < 4.78 is 8.19. The Morgan fingerprint density at radius 3 is 3.11 bits per heavy atom. The van der Waals surface area contributed by atoms with Gasteiger partial charge in [0.05, 0.1) is 24.4 Å². The van der Waals surface area contributed by atoms with E-state index in [4.69, 9.17) is 4.42 Å². The van der Waals surface area contributed by atoms with Crippen molar-refractivity contribution in [3.05, 3.63) is 58.8 Å². The van der Waals surface area contributed by atoms with Crippen LogP contribution in [0.3, 0.4) is 0 Å². The predicted octanol–water partition coefficient (Wildman–Crippen LogP) is 3.02. The number of pyridine rings is 1. The number of hydrogen-bond acceptors (Lipinski definition) is 3. The van der Waals surface area contributed by atoms with Gasteiger partial charge in [-0.05, 0) is 52.7 Å². The first-order chi connectivity index (χ1) is 9.33. The summed E-state index contributed by atoms with van der Waals surface area (Å²) in [5.74, 6) is 0. The highest BCUT2D eigenvalue weighted by Gasteiger charge is 2.03. The van der Waals surface area contributed by atoms with Crippen LogP contribution in [0.4, 0.5) is 0 Å². The monoisotopic (exact) mass is 319 g/mol. The number of rotatable bonds is 5. The normalized spacial score (nSPS) is 11.2. The maximum atomic E-state index is 5.04. The van der Waals surface area contributed by atoms with Crippen LogP contribution in [0, 0.1) is 0 Å². The molecule has 0 radical (unpaired) electrons. The minimum absolute atomic E-state index is 0.801. The number of fused-ring (bicyclic) bond motifs is 1. The van der Waals surface area contributed by atoms with E-state index in [2.05, 4.69) is 30.6 Å². The van der Waals surface area contributed by atoms with E-state index in [0.717, 1.165) is 35.3 Å². The standard InChI is InChI=1S/C14H14BrN3O/c15-12-1-2-14-17-8-13(18(14)9-12)7-16-5-3-11-4-6-19-10-11/h1-2,4,6,8-10,16H,3,5,7H2. The average Bonchev–Trinajstić information content (AvgIpc) is 3.04.